The normalized spacial score (nSPS) is 15.3. The number of hydrogen-bond acceptors (Lipinski definition) is 3. The van der Waals surface area contributed by atoms with Crippen LogP contribution >= 0.6 is 11.6 Å². The van der Waals surface area contributed by atoms with Gasteiger partial charge in [-0.25, -0.2) is 0 Å². The molecule has 0 spiro atoms. The quantitative estimate of drug-likeness (QED) is 0.870. The van der Waals surface area contributed by atoms with Crippen LogP contribution in [0, 0.1) is 0 Å². The highest BCUT2D eigenvalue weighted by atomic mass is 35.5. The van der Waals surface area contributed by atoms with Crippen LogP contribution in [0.25, 0.3) is 0 Å². The van der Waals surface area contributed by atoms with Crippen molar-refractivity contribution in [3.8, 4) is 11.5 Å². The van der Waals surface area contributed by atoms with Gasteiger partial charge in [-0.05, 0) is 44.2 Å². The van der Waals surface area contributed by atoms with E-state index in [1.807, 2.05) is 0 Å². The van der Waals surface area contributed by atoms with Gasteiger partial charge in [-0.2, -0.15) is 0 Å². The fourth-order valence-electron chi connectivity index (χ4n) is 2.51. The lowest BCUT2D eigenvalue weighted by molar-refractivity contribution is -0.136. The van der Waals surface area contributed by atoms with E-state index in [0.717, 1.165) is 31.2 Å². The Labute approximate surface area is 123 Å². The molecule has 1 N–H and O–H groups in total. The minimum Gasteiger partial charge on any atom is -0.493 e. The van der Waals surface area contributed by atoms with Gasteiger partial charge in [0.1, 0.15) is 0 Å². The first-order valence-corrected chi connectivity index (χ1v) is 7.23. The van der Waals surface area contributed by atoms with Gasteiger partial charge in [0.25, 0.3) is 0 Å². The molecule has 110 valence electrons. The van der Waals surface area contributed by atoms with E-state index in [4.69, 9.17) is 26.2 Å². The topological polar surface area (TPSA) is 55.8 Å². The van der Waals surface area contributed by atoms with Crippen molar-refractivity contribution in [1.29, 1.82) is 0 Å². The average Bonchev–Trinajstić information content (AvgIpc) is 2.91. The molecule has 1 saturated carbocycles. The van der Waals surface area contributed by atoms with E-state index in [2.05, 4.69) is 0 Å². The second-order valence-corrected chi connectivity index (χ2v) is 5.38. The first-order valence-electron chi connectivity index (χ1n) is 6.85. The molecule has 1 aromatic carbocycles. The van der Waals surface area contributed by atoms with E-state index < -0.39 is 5.97 Å². The maximum atomic E-state index is 10.8. The van der Waals surface area contributed by atoms with Crippen LogP contribution in [0.5, 0.6) is 11.5 Å². The largest absolute Gasteiger partial charge is 0.493 e. The number of benzene rings is 1. The number of aliphatic carboxylic acids is 1. The van der Waals surface area contributed by atoms with Crippen molar-refractivity contribution in [2.45, 2.75) is 44.6 Å². The molecular weight excluding hydrogens is 280 g/mol. The van der Waals surface area contributed by atoms with Crippen LogP contribution in [0.15, 0.2) is 12.1 Å². The lowest BCUT2D eigenvalue weighted by Crippen LogP contribution is -2.13. The van der Waals surface area contributed by atoms with Crippen LogP contribution in [0.2, 0.25) is 5.02 Å². The Balaban J connectivity index is 2.27. The van der Waals surface area contributed by atoms with Crippen LogP contribution in [-0.4, -0.2) is 24.3 Å². The molecule has 0 heterocycles. The van der Waals surface area contributed by atoms with Crippen molar-refractivity contribution >= 4 is 17.6 Å². The van der Waals surface area contributed by atoms with E-state index in [9.17, 15) is 4.79 Å². The Morgan fingerprint density at radius 2 is 2.10 bits per heavy atom. The van der Waals surface area contributed by atoms with Crippen molar-refractivity contribution in [3.05, 3.63) is 22.7 Å². The maximum Gasteiger partial charge on any atom is 0.303 e. The average molecular weight is 299 g/mol. The summed E-state index contributed by atoms with van der Waals surface area (Å²) in [6, 6.07) is 3.48. The summed E-state index contributed by atoms with van der Waals surface area (Å²) in [6.45, 7) is 0. The molecule has 0 amide bonds. The summed E-state index contributed by atoms with van der Waals surface area (Å²) in [6.07, 6.45) is 4.91. The molecule has 0 saturated heterocycles. The zero-order valence-electron chi connectivity index (χ0n) is 11.5. The van der Waals surface area contributed by atoms with E-state index >= 15 is 0 Å². The second kappa shape index (κ2) is 6.84. The van der Waals surface area contributed by atoms with Crippen LogP contribution in [0.3, 0.4) is 0 Å². The van der Waals surface area contributed by atoms with Crippen LogP contribution < -0.4 is 9.47 Å². The third-order valence-electron chi connectivity index (χ3n) is 3.56. The Hall–Kier alpha value is -1.42. The van der Waals surface area contributed by atoms with Gasteiger partial charge in [-0.1, -0.05) is 11.6 Å². The number of rotatable bonds is 6. The first-order chi connectivity index (χ1) is 9.61. The minimum atomic E-state index is -0.851. The monoisotopic (exact) mass is 298 g/mol. The Morgan fingerprint density at radius 1 is 1.40 bits per heavy atom. The Kier molecular flexibility index (Phi) is 5.12. The fourth-order valence-corrected chi connectivity index (χ4v) is 2.75. The van der Waals surface area contributed by atoms with Gasteiger partial charge in [0.15, 0.2) is 11.5 Å². The van der Waals surface area contributed by atoms with Gasteiger partial charge in [-0.3, -0.25) is 4.79 Å². The third kappa shape index (κ3) is 3.57. The number of carbonyl (C=O) groups is 1. The van der Waals surface area contributed by atoms with Crippen molar-refractivity contribution < 1.29 is 19.4 Å². The lowest BCUT2D eigenvalue weighted by atomic mass is 10.1. The minimum absolute atomic E-state index is 0.0217. The van der Waals surface area contributed by atoms with E-state index in [0.29, 0.717) is 22.9 Å². The van der Waals surface area contributed by atoms with Crippen LogP contribution in [0.1, 0.15) is 37.7 Å². The smallest absolute Gasteiger partial charge is 0.303 e. The molecule has 0 radical (unpaired) electrons. The number of carboxylic acid groups (broad SMARTS) is 1. The molecule has 1 aliphatic carbocycles. The summed E-state index contributed by atoms with van der Waals surface area (Å²) in [5.41, 5.74) is 0.723. The highest BCUT2D eigenvalue weighted by Gasteiger charge is 2.22. The standard InChI is InChI=1S/C15H19ClO4/c1-19-13-8-7-12(16)11(6-9-14(17)18)15(13)20-10-4-2-3-5-10/h7-8,10H,2-6,9H2,1H3,(H,17,18). The third-order valence-corrected chi connectivity index (χ3v) is 3.92. The van der Waals surface area contributed by atoms with Crippen molar-refractivity contribution in [1.82, 2.24) is 0 Å². The van der Waals surface area contributed by atoms with Gasteiger partial charge >= 0.3 is 5.97 Å². The highest BCUT2D eigenvalue weighted by molar-refractivity contribution is 6.31. The molecule has 0 aromatic heterocycles. The fraction of sp³-hybridized carbons (Fsp3) is 0.533. The van der Waals surface area contributed by atoms with Gasteiger partial charge in [-0.15, -0.1) is 0 Å². The van der Waals surface area contributed by atoms with E-state index in [1.165, 1.54) is 0 Å². The molecule has 1 aromatic rings. The Morgan fingerprint density at radius 3 is 2.70 bits per heavy atom. The number of halogens is 1. The molecule has 20 heavy (non-hydrogen) atoms. The zero-order chi connectivity index (χ0) is 14.5. The second-order valence-electron chi connectivity index (χ2n) is 4.98. The molecule has 0 unspecified atom stereocenters. The number of hydrogen-bond donors (Lipinski definition) is 1. The summed E-state index contributed by atoms with van der Waals surface area (Å²) in [5.74, 6) is 0.366. The maximum absolute atomic E-state index is 10.8. The van der Waals surface area contributed by atoms with E-state index in [-0.39, 0.29) is 12.5 Å². The summed E-state index contributed by atoms with van der Waals surface area (Å²) in [7, 11) is 1.58. The first kappa shape index (κ1) is 15.0. The van der Waals surface area contributed by atoms with Gasteiger partial charge in [0, 0.05) is 17.0 Å². The predicted molar refractivity (Wildman–Crippen MR) is 76.8 cm³/mol. The van der Waals surface area contributed by atoms with Crippen molar-refractivity contribution in [2.75, 3.05) is 7.11 Å². The molecular formula is C15H19ClO4. The molecule has 4 nitrogen and oxygen atoms in total. The molecule has 1 aliphatic rings. The highest BCUT2D eigenvalue weighted by Crippen LogP contribution is 2.39. The Bertz CT molecular complexity index is 481. The van der Waals surface area contributed by atoms with Crippen molar-refractivity contribution in [3.63, 3.8) is 0 Å². The van der Waals surface area contributed by atoms with Gasteiger partial charge in [0.05, 0.1) is 13.2 Å². The number of ether oxygens (including phenoxy) is 2. The lowest BCUT2D eigenvalue weighted by Gasteiger charge is -2.20. The van der Waals surface area contributed by atoms with Gasteiger partial charge < -0.3 is 14.6 Å². The van der Waals surface area contributed by atoms with Gasteiger partial charge in [0.2, 0.25) is 0 Å². The molecule has 2 rings (SSSR count). The van der Waals surface area contributed by atoms with Crippen molar-refractivity contribution in [2.24, 2.45) is 0 Å². The summed E-state index contributed by atoms with van der Waals surface area (Å²) in [4.78, 5) is 10.8. The summed E-state index contributed by atoms with van der Waals surface area (Å²) in [5, 5.41) is 9.38. The SMILES string of the molecule is COc1ccc(Cl)c(CCC(=O)O)c1OC1CCCC1. The molecule has 0 aliphatic heterocycles. The summed E-state index contributed by atoms with van der Waals surface area (Å²) >= 11 is 6.20. The van der Waals surface area contributed by atoms with Crippen LogP contribution in [-0.2, 0) is 11.2 Å². The molecule has 1 fully saturated rings. The molecule has 0 atom stereocenters. The predicted octanol–water partition coefficient (Wildman–Crippen LogP) is 3.69. The number of methoxy groups -OCH3 is 1. The molecule has 5 heteroatoms. The number of carboxylic acids is 1. The van der Waals surface area contributed by atoms with Crippen LogP contribution in [0.4, 0.5) is 0 Å². The summed E-state index contributed by atoms with van der Waals surface area (Å²) < 4.78 is 11.4. The zero-order valence-corrected chi connectivity index (χ0v) is 12.3. The molecule has 0 bridgehead atoms. The van der Waals surface area contributed by atoms with E-state index in [1.54, 1.807) is 19.2 Å².